The van der Waals surface area contributed by atoms with Crippen LogP contribution in [-0.4, -0.2) is 10.1 Å². The molecule has 112 valence electrons. The highest BCUT2D eigenvalue weighted by atomic mass is 79.9. The molecule has 22 heavy (non-hydrogen) atoms. The molecule has 0 N–H and O–H groups in total. The number of ether oxygens (including phenoxy) is 1. The Labute approximate surface area is 137 Å². The van der Waals surface area contributed by atoms with Crippen molar-refractivity contribution in [3.05, 3.63) is 64.0 Å². The molecule has 5 heteroatoms. The van der Waals surface area contributed by atoms with E-state index in [-0.39, 0.29) is 6.61 Å². The molecule has 1 heterocycles. The molecule has 2 aromatic carbocycles. The average molecular weight is 359 g/mol. The van der Waals surface area contributed by atoms with E-state index in [0.717, 1.165) is 21.3 Å². The second-order valence-electron chi connectivity index (χ2n) is 5.08. The minimum atomic E-state index is 0.255. The summed E-state index contributed by atoms with van der Waals surface area (Å²) < 4.78 is 12.0. The van der Waals surface area contributed by atoms with E-state index in [9.17, 15) is 0 Å². The third-order valence-electron chi connectivity index (χ3n) is 3.23. The van der Waals surface area contributed by atoms with Crippen molar-refractivity contribution in [3.8, 4) is 17.1 Å². The third kappa shape index (κ3) is 3.36. The van der Waals surface area contributed by atoms with Gasteiger partial charge in [0.2, 0.25) is 5.82 Å². The van der Waals surface area contributed by atoms with Gasteiger partial charge in [-0.25, -0.2) is 0 Å². The van der Waals surface area contributed by atoms with Crippen molar-refractivity contribution in [2.75, 3.05) is 0 Å². The van der Waals surface area contributed by atoms with Crippen LogP contribution in [0.2, 0.25) is 0 Å². The van der Waals surface area contributed by atoms with Crippen LogP contribution in [0.25, 0.3) is 11.4 Å². The van der Waals surface area contributed by atoms with Gasteiger partial charge >= 0.3 is 0 Å². The number of hydrogen-bond acceptors (Lipinski definition) is 4. The fourth-order valence-electron chi connectivity index (χ4n) is 2.16. The SMILES string of the molecule is Cc1ccc(OCc2nc(-c3cccc(Br)c3)no2)c(C)c1. The summed E-state index contributed by atoms with van der Waals surface area (Å²) in [7, 11) is 0. The Morgan fingerprint density at radius 2 is 2.00 bits per heavy atom. The zero-order chi connectivity index (χ0) is 15.5. The van der Waals surface area contributed by atoms with Crippen LogP contribution in [0.4, 0.5) is 0 Å². The number of aromatic nitrogens is 2. The molecule has 0 radical (unpaired) electrons. The van der Waals surface area contributed by atoms with Gasteiger partial charge in [-0.1, -0.05) is 50.9 Å². The highest BCUT2D eigenvalue weighted by Gasteiger charge is 2.10. The molecule has 4 nitrogen and oxygen atoms in total. The van der Waals surface area contributed by atoms with Crippen LogP contribution in [0.3, 0.4) is 0 Å². The van der Waals surface area contributed by atoms with Gasteiger partial charge in [0.15, 0.2) is 6.61 Å². The predicted octanol–water partition coefficient (Wildman–Crippen LogP) is 4.69. The van der Waals surface area contributed by atoms with Gasteiger partial charge in [-0.15, -0.1) is 0 Å². The molecule has 3 aromatic rings. The molecular formula is C17H15BrN2O2. The van der Waals surface area contributed by atoms with E-state index in [2.05, 4.69) is 39.1 Å². The van der Waals surface area contributed by atoms with Crippen LogP contribution < -0.4 is 4.74 Å². The lowest BCUT2D eigenvalue weighted by Gasteiger charge is -2.07. The smallest absolute Gasteiger partial charge is 0.264 e. The van der Waals surface area contributed by atoms with E-state index < -0.39 is 0 Å². The molecule has 0 atom stereocenters. The number of rotatable bonds is 4. The standard InChI is InChI=1S/C17H15BrN2O2/c1-11-6-7-15(12(2)8-11)21-10-16-19-17(20-22-16)13-4-3-5-14(18)9-13/h3-9H,10H2,1-2H3. The average Bonchev–Trinajstić information content (AvgIpc) is 2.95. The Morgan fingerprint density at radius 1 is 1.14 bits per heavy atom. The lowest BCUT2D eigenvalue weighted by molar-refractivity contribution is 0.241. The zero-order valence-electron chi connectivity index (χ0n) is 12.3. The fourth-order valence-corrected chi connectivity index (χ4v) is 2.56. The summed E-state index contributed by atoms with van der Waals surface area (Å²) in [5.41, 5.74) is 3.20. The largest absolute Gasteiger partial charge is 0.483 e. The van der Waals surface area contributed by atoms with Crippen molar-refractivity contribution in [2.45, 2.75) is 20.5 Å². The Balaban J connectivity index is 1.72. The lowest BCUT2D eigenvalue weighted by atomic mass is 10.1. The molecule has 0 aliphatic carbocycles. The van der Waals surface area contributed by atoms with Gasteiger partial charge in [0.25, 0.3) is 5.89 Å². The summed E-state index contributed by atoms with van der Waals surface area (Å²) in [6.45, 7) is 4.33. The molecule has 0 spiro atoms. The summed E-state index contributed by atoms with van der Waals surface area (Å²) in [4.78, 5) is 4.36. The van der Waals surface area contributed by atoms with Crippen molar-refractivity contribution < 1.29 is 9.26 Å². The maximum absolute atomic E-state index is 5.75. The van der Waals surface area contributed by atoms with Gasteiger partial charge in [-0.2, -0.15) is 4.98 Å². The van der Waals surface area contributed by atoms with Gasteiger partial charge < -0.3 is 9.26 Å². The van der Waals surface area contributed by atoms with Gasteiger partial charge in [-0.05, 0) is 37.6 Å². The molecule has 0 unspecified atom stereocenters. The van der Waals surface area contributed by atoms with Crippen LogP contribution in [0.15, 0.2) is 51.5 Å². The van der Waals surface area contributed by atoms with Crippen LogP contribution in [0.5, 0.6) is 5.75 Å². The van der Waals surface area contributed by atoms with E-state index in [0.29, 0.717) is 11.7 Å². The minimum absolute atomic E-state index is 0.255. The van der Waals surface area contributed by atoms with E-state index in [1.165, 1.54) is 5.56 Å². The second-order valence-corrected chi connectivity index (χ2v) is 6.00. The molecular weight excluding hydrogens is 344 g/mol. The highest BCUT2D eigenvalue weighted by Crippen LogP contribution is 2.22. The molecule has 0 aliphatic heterocycles. The topological polar surface area (TPSA) is 48.2 Å². The maximum Gasteiger partial charge on any atom is 0.264 e. The molecule has 0 fully saturated rings. The Morgan fingerprint density at radius 3 is 2.77 bits per heavy atom. The number of benzene rings is 2. The van der Waals surface area contributed by atoms with Crippen molar-refractivity contribution in [3.63, 3.8) is 0 Å². The van der Waals surface area contributed by atoms with Gasteiger partial charge in [0.05, 0.1) is 0 Å². The van der Waals surface area contributed by atoms with Crippen molar-refractivity contribution in [2.24, 2.45) is 0 Å². The van der Waals surface area contributed by atoms with E-state index in [1.54, 1.807) is 0 Å². The monoisotopic (exact) mass is 358 g/mol. The summed E-state index contributed by atoms with van der Waals surface area (Å²) in [6.07, 6.45) is 0. The number of hydrogen-bond donors (Lipinski definition) is 0. The van der Waals surface area contributed by atoms with Crippen molar-refractivity contribution in [1.29, 1.82) is 0 Å². The Bertz CT molecular complexity index is 799. The molecule has 0 saturated heterocycles. The van der Waals surface area contributed by atoms with E-state index in [4.69, 9.17) is 9.26 Å². The van der Waals surface area contributed by atoms with E-state index in [1.807, 2.05) is 43.3 Å². The first-order valence-corrected chi connectivity index (χ1v) is 7.70. The van der Waals surface area contributed by atoms with Gasteiger partial charge in [-0.3, -0.25) is 0 Å². The minimum Gasteiger partial charge on any atom is -0.483 e. The third-order valence-corrected chi connectivity index (χ3v) is 3.73. The number of aryl methyl sites for hydroxylation is 2. The second kappa shape index (κ2) is 6.32. The van der Waals surface area contributed by atoms with Gasteiger partial charge in [0, 0.05) is 10.0 Å². The summed E-state index contributed by atoms with van der Waals surface area (Å²) in [6, 6.07) is 13.8. The predicted molar refractivity (Wildman–Crippen MR) is 87.7 cm³/mol. The Hall–Kier alpha value is -2.14. The normalized spacial score (nSPS) is 10.7. The molecule has 0 bridgehead atoms. The number of nitrogens with zero attached hydrogens (tertiary/aromatic N) is 2. The van der Waals surface area contributed by atoms with Crippen LogP contribution in [0.1, 0.15) is 17.0 Å². The van der Waals surface area contributed by atoms with Gasteiger partial charge in [0.1, 0.15) is 5.75 Å². The molecule has 1 aromatic heterocycles. The first kappa shape index (κ1) is 14.8. The fraction of sp³-hybridized carbons (Fsp3) is 0.176. The van der Waals surface area contributed by atoms with Crippen LogP contribution >= 0.6 is 15.9 Å². The molecule has 0 amide bonds. The lowest BCUT2D eigenvalue weighted by Crippen LogP contribution is -1.97. The summed E-state index contributed by atoms with van der Waals surface area (Å²) >= 11 is 3.43. The van der Waals surface area contributed by atoms with Crippen molar-refractivity contribution in [1.82, 2.24) is 10.1 Å². The molecule has 3 rings (SSSR count). The van der Waals surface area contributed by atoms with Crippen LogP contribution in [-0.2, 0) is 6.61 Å². The summed E-state index contributed by atoms with van der Waals surface area (Å²) in [5, 5.41) is 3.99. The first-order chi connectivity index (χ1) is 10.6. The Kier molecular flexibility index (Phi) is 4.24. The zero-order valence-corrected chi connectivity index (χ0v) is 13.9. The van der Waals surface area contributed by atoms with Crippen molar-refractivity contribution >= 4 is 15.9 Å². The van der Waals surface area contributed by atoms with Crippen LogP contribution in [0, 0.1) is 13.8 Å². The highest BCUT2D eigenvalue weighted by molar-refractivity contribution is 9.10. The van der Waals surface area contributed by atoms with E-state index >= 15 is 0 Å². The number of halogens is 1. The molecule has 0 aliphatic rings. The maximum atomic E-state index is 5.75. The summed E-state index contributed by atoms with van der Waals surface area (Å²) in [5.74, 6) is 1.84. The first-order valence-electron chi connectivity index (χ1n) is 6.90. The molecule has 0 saturated carbocycles. The quantitative estimate of drug-likeness (QED) is 0.678.